The van der Waals surface area contributed by atoms with Crippen molar-refractivity contribution in [2.24, 2.45) is 21.5 Å². The Morgan fingerprint density at radius 2 is 1.60 bits per heavy atom. The summed E-state index contributed by atoms with van der Waals surface area (Å²) >= 11 is 0. The molecule has 0 bridgehead atoms. The molecule has 2 unspecified atom stereocenters. The predicted octanol–water partition coefficient (Wildman–Crippen LogP) is 3.66. The maximum Gasteiger partial charge on any atom is 0.303 e. The Bertz CT molecular complexity index is 1500. The first-order valence-electron chi connectivity index (χ1n) is 15.8. The zero-order chi connectivity index (χ0) is 36.1. The molecule has 8 N–H and O–H groups in total. The third-order valence-corrected chi connectivity index (χ3v) is 6.87. The van der Waals surface area contributed by atoms with Crippen LogP contribution >= 0.6 is 0 Å². The highest BCUT2D eigenvalue weighted by Gasteiger charge is 2.26. The third kappa shape index (κ3) is 12.5. The summed E-state index contributed by atoms with van der Waals surface area (Å²) in [6.45, 7) is 8.05. The lowest BCUT2D eigenvalue weighted by Gasteiger charge is -2.13. The van der Waals surface area contributed by atoms with E-state index in [9.17, 15) is 19.2 Å². The number of aliphatic imine (C=N–C) groups is 2. The Kier molecular flexibility index (Phi) is 18.9. The van der Waals surface area contributed by atoms with Crippen LogP contribution in [0.3, 0.4) is 0 Å². The highest BCUT2D eigenvalue weighted by molar-refractivity contribution is 6.11. The van der Waals surface area contributed by atoms with Crippen LogP contribution in [0, 0.1) is 6.92 Å². The van der Waals surface area contributed by atoms with Crippen LogP contribution < -0.4 is 27.4 Å². The average Bonchev–Trinajstić information content (AvgIpc) is 3.39. The van der Waals surface area contributed by atoms with E-state index in [0.717, 1.165) is 46.9 Å². The second kappa shape index (κ2) is 22.3. The molecule has 0 saturated heterocycles. The number of benzene rings is 2. The Morgan fingerprint density at radius 3 is 2.08 bits per heavy atom. The number of anilines is 1. The molecule has 48 heavy (non-hydrogen) atoms. The van der Waals surface area contributed by atoms with E-state index in [1.54, 1.807) is 0 Å². The van der Waals surface area contributed by atoms with Gasteiger partial charge in [-0.1, -0.05) is 62.4 Å². The fourth-order valence-electron chi connectivity index (χ4n) is 4.81. The van der Waals surface area contributed by atoms with E-state index in [0.29, 0.717) is 18.5 Å². The number of para-hydroxylation sites is 1. The number of nitrogens with two attached hydrogens (primary N) is 2. The van der Waals surface area contributed by atoms with Gasteiger partial charge in [-0.2, -0.15) is 0 Å². The summed E-state index contributed by atoms with van der Waals surface area (Å²) in [5, 5.41) is 17.0. The summed E-state index contributed by atoms with van der Waals surface area (Å²) in [5.41, 5.74) is 16.9. The van der Waals surface area contributed by atoms with Gasteiger partial charge >= 0.3 is 5.97 Å². The van der Waals surface area contributed by atoms with E-state index in [2.05, 4.69) is 49.8 Å². The van der Waals surface area contributed by atoms with Crippen LogP contribution in [-0.2, 0) is 19.2 Å². The molecule has 0 aliphatic carbocycles. The van der Waals surface area contributed by atoms with E-state index in [4.69, 9.17) is 21.6 Å². The average molecular weight is 663 g/mol. The standard InChI is InChI=1S/C26H33N7O.C7H11NO4.C2H6/c1-18-22(26(31-17-27)32-21(25(28)34)15-10-16-29-2)23(30-3)24(19-11-6-4-7-12-19)33(18)20-13-8-5-9-14-20;1-5(10)8-6(4-9)2-3-7(11)12;1-2/h4-9,11-14,17,21,29-30H,10,15-16H2,1-3H3,(H2,28,34)(H2,27,31,32);4,6H,2-3H2,1H3,(H,8,10)(H,11,12);1-2H3. The van der Waals surface area contributed by atoms with E-state index < -0.39 is 24.0 Å². The molecule has 0 spiro atoms. The molecule has 0 fully saturated rings. The molecular formula is C35H50N8O5. The zero-order valence-corrected chi connectivity index (χ0v) is 28.7. The number of hydrogen-bond donors (Lipinski definition) is 6. The molecule has 0 aliphatic heterocycles. The lowest BCUT2D eigenvalue weighted by molar-refractivity contribution is -0.137. The Balaban J connectivity index is 0.000000696. The minimum Gasteiger partial charge on any atom is -0.481 e. The molecule has 2 amide bonds. The van der Waals surface area contributed by atoms with Gasteiger partial charge in [0.25, 0.3) is 0 Å². The number of carboxylic acids is 1. The Labute approximate surface area is 282 Å². The quantitative estimate of drug-likeness (QED) is 0.0611. The summed E-state index contributed by atoms with van der Waals surface area (Å²) in [7, 11) is 3.73. The number of rotatable bonds is 15. The van der Waals surface area contributed by atoms with Crippen molar-refractivity contribution in [3.05, 3.63) is 71.9 Å². The van der Waals surface area contributed by atoms with Crippen molar-refractivity contribution in [2.75, 3.05) is 26.0 Å². The maximum absolute atomic E-state index is 12.2. The highest BCUT2D eigenvalue weighted by Crippen LogP contribution is 2.39. The van der Waals surface area contributed by atoms with Crippen LogP contribution in [0.4, 0.5) is 5.69 Å². The first-order chi connectivity index (χ1) is 23.1. The summed E-state index contributed by atoms with van der Waals surface area (Å²) in [6.07, 6.45) is 3.02. The fourth-order valence-corrected chi connectivity index (χ4v) is 4.81. The molecule has 1 heterocycles. The zero-order valence-electron chi connectivity index (χ0n) is 28.7. The van der Waals surface area contributed by atoms with E-state index in [-0.39, 0.29) is 18.7 Å². The van der Waals surface area contributed by atoms with Gasteiger partial charge in [-0.05, 0) is 51.9 Å². The first-order valence-corrected chi connectivity index (χ1v) is 15.8. The van der Waals surface area contributed by atoms with Gasteiger partial charge < -0.3 is 41.9 Å². The molecule has 2 atom stereocenters. The fraction of sp³-hybridized carbons (Fsp3) is 0.371. The SMILES string of the molecule is CC.CC(=O)NC(C=O)CCC(=O)O.CNCCCC(N=C(N=CN)c1c(NC)c(-c2ccccc2)n(-c2ccccc2)c1C)C(N)=O. The second-order valence-electron chi connectivity index (χ2n) is 10.2. The van der Waals surface area contributed by atoms with Crippen molar-refractivity contribution in [3.63, 3.8) is 0 Å². The van der Waals surface area contributed by atoms with Gasteiger partial charge in [0.05, 0.1) is 29.3 Å². The number of amides is 2. The number of aromatic nitrogens is 1. The highest BCUT2D eigenvalue weighted by atomic mass is 16.4. The molecule has 1 aromatic heterocycles. The smallest absolute Gasteiger partial charge is 0.303 e. The summed E-state index contributed by atoms with van der Waals surface area (Å²) in [5.74, 6) is -1.44. The Hall–Kier alpha value is -5.30. The number of nitrogens with zero attached hydrogens (tertiary/aromatic N) is 3. The van der Waals surface area contributed by atoms with Crippen molar-refractivity contribution in [1.29, 1.82) is 0 Å². The molecular weight excluding hydrogens is 612 g/mol. The number of carbonyl (C=O) groups is 4. The number of aliphatic carboxylic acids is 1. The van der Waals surface area contributed by atoms with Gasteiger partial charge in [0.1, 0.15) is 12.3 Å². The molecule has 0 saturated carbocycles. The maximum atomic E-state index is 12.2. The van der Waals surface area contributed by atoms with Crippen molar-refractivity contribution >= 4 is 41.9 Å². The van der Waals surface area contributed by atoms with Gasteiger partial charge in [-0.3, -0.25) is 19.4 Å². The lowest BCUT2D eigenvalue weighted by Crippen LogP contribution is -2.34. The number of primary amides is 1. The molecule has 3 aromatic rings. The number of carboxylic acid groups (broad SMARTS) is 1. The molecule has 13 heteroatoms. The van der Waals surface area contributed by atoms with Crippen LogP contribution in [0.5, 0.6) is 0 Å². The van der Waals surface area contributed by atoms with Crippen LogP contribution in [0.2, 0.25) is 0 Å². The summed E-state index contributed by atoms with van der Waals surface area (Å²) in [6, 6.07) is 18.8. The third-order valence-electron chi connectivity index (χ3n) is 6.87. The number of amidine groups is 1. The van der Waals surface area contributed by atoms with Gasteiger partial charge in [-0.25, -0.2) is 4.99 Å². The first kappa shape index (κ1) is 40.7. The largest absolute Gasteiger partial charge is 0.481 e. The number of nitrogens with one attached hydrogen (secondary N) is 3. The van der Waals surface area contributed by atoms with Crippen molar-refractivity contribution in [2.45, 2.75) is 65.5 Å². The van der Waals surface area contributed by atoms with Gasteiger partial charge in [0.15, 0.2) is 5.84 Å². The normalized spacial score (nSPS) is 12.1. The second-order valence-corrected chi connectivity index (χ2v) is 10.2. The number of aldehydes is 1. The Morgan fingerprint density at radius 1 is 1.00 bits per heavy atom. The minimum absolute atomic E-state index is 0.121. The van der Waals surface area contributed by atoms with Crippen molar-refractivity contribution in [1.82, 2.24) is 15.2 Å². The predicted molar refractivity (Wildman–Crippen MR) is 193 cm³/mol. The van der Waals surface area contributed by atoms with Crippen LogP contribution in [0.1, 0.15) is 57.7 Å². The minimum atomic E-state index is -0.979. The molecule has 13 nitrogen and oxygen atoms in total. The molecule has 0 aliphatic rings. The number of carbonyl (C=O) groups excluding carboxylic acids is 3. The van der Waals surface area contributed by atoms with E-state index >= 15 is 0 Å². The van der Waals surface area contributed by atoms with Gasteiger partial charge in [0, 0.05) is 37.3 Å². The van der Waals surface area contributed by atoms with Crippen LogP contribution in [0.25, 0.3) is 16.9 Å². The lowest BCUT2D eigenvalue weighted by atomic mass is 10.1. The van der Waals surface area contributed by atoms with Gasteiger partial charge in [-0.15, -0.1) is 0 Å². The van der Waals surface area contributed by atoms with Crippen molar-refractivity contribution in [3.8, 4) is 16.9 Å². The monoisotopic (exact) mass is 662 g/mol. The van der Waals surface area contributed by atoms with Gasteiger partial charge in [0.2, 0.25) is 11.8 Å². The summed E-state index contributed by atoms with van der Waals surface area (Å²) < 4.78 is 2.17. The van der Waals surface area contributed by atoms with Crippen LogP contribution in [-0.4, -0.2) is 78.6 Å². The van der Waals surface area contributed by atoms with Crippen molar-refractivity contribution < 1.29 is 24.3 Å². The molecule has 3 rings (SSSR count). The van der Waals surface area contributed by atoms with E-state index in [1.165, 1.54) is 13.3 Å². The summed E-state index contributed by atoms with van der Waals surface area (Å²) in [4.78, 5) is 52.1. The molecule has 2 aromatic carbocycles. The number of hydrogen-bond acceptors (Lipinski definition) is 7. The molecule has 0 radical (unpaired) electrons. The van der Waals surface area contributed by atoms with E-state index in [1.807, 2.05) is 71.3 Å². The topological polar surface area (TPSA) is 206 Å². The molecule has 260 valence electrons. The van der Waals surface area contributed by atoms with Crippen LogP contribution in [0.15, 0.2) is 70.6 Å².